The minimum absolute atomic E-state index is 0.0560. The summed E-state index contributed by atoms with van der Waals surface area (Å²) in [6, 6.07) is 11.7. The third kappa shape index (κ3) is 6.53. The molecular weight excluding hydrogens is 494 g/mol. The first kappa shape index (κ1) is 28.0. The Morgan fingerprint density at radius 3 is 2.46 bits per heavy atom. The fourth-order valence-electron chi connectivity index (χ4n) is 4.53. The van der Waals surface area contributed by atoms with Crippen LogP contribution in [0.25, 0.3) is 11.1 Å². The van der Waals surface area contributed by atoms with Crippen LogP contribution in [0.2, 0.25) is 0 Å². The zero-order valence-corrected chi connectivity index (χ0v) is 24.1. The van der Waals surface area contributed by atoms with Crippen LogP contribution in [-0.4, -0.2) is 65.6 Å². The number of hydrogen-bond acceptors (Lipinski definition) is 6. The monoisotopic (exact) mass is 533 g/mol. The van der Waals surface area contributed by atoms with E-state index < -0.39 is 5.60 Å². The number of carbonyl (C=O) groups is 2. The van der Waals surface area contributed by atoms with E-state index in [1.165, 1.54) is 0 Å². The van der Waals surface area contributed by atoms with Gasteiger partial charge in [-0.1, -0.05) is 6.07 Å². The van der Waals surface area contributed by atoms with Crippen LogP contribution >= 0.6 is 0 Å². The van der Waals surface area contributed by atoms with Crippen molar-refractivity contribution in [1.82, 2.24) is 20.0 Å². The van der Waals surface area contributed by atoms with Crippen LogP contribution in [0.3, 0.4) is 0 Å². The molecule has 1 fully saturated rings. The van der Waals surface area contributed by atoms with Crippen molar-refractivity contribution in [2.24, 2.45) is 7.05 Å². The molecule has 39 heavy (non-hydrogen) atoms. The maximum atomic E-state index is 13.4. The average Bonchev–Trinajstić information content (AvgIpc) is 3.28. The maximum Gasteiger partial charge on any atom is 0.410 e. The molecule has 0 spiro atoms. The Morgan fingerprint density at radius 1 is 1.13 bits per heavy atom. The lowest BCUT2D eigenvalue weighted by Crippen LogP contribution is -2.60. The number of ether oxygens (including phenoxy) is 2. The Balaban J connectivity index is 1.44. The Hall–Kier alpha value is -4.01. The zero-order chi connectivity index (χ0) is 28.5. The van der Waals surface area contributed by atoms with Gasteiger partial charge in [0.25, 0.3) is 5.91 Å². The molecule has 0 bridgehead atoms. The molecule has 9 heteroatoms. The van der Waals surface area contributed by atoms with Gasteiger partial charge in [-0.15, -0.1) is 0 Å². The lowest BCUT2D eigenvalue weighted by molar-refractivity contribution is 0.0197. The molecule has 2 amide bonds. The molecule has 1 aromatic heterocycles. The summed E-state index contributed by atoms with van der Waals surface area (Å²) in [4.78, 5) is 29.6. The summed E-state index contributed by atoms with van der Waals surface area (Å²) in [5.74, 6) is 0.574. The van der Waals surface area contributed by atoms with E-state index >= 15 is 0 Å². The second-order valence-electron chi connectivity index (χ2n) is 11.2. The number of aromatic nitrogens is 2. The minimum atomic E-state index is -0.531. The molecule has 208 valence electrons. The molecule has 0 saturated carbocycles. The van der Waals surface area contributed by atoms with Crippen molar-refractivity contribution in [3.05, 3.63) is 65.5 Å². The third-order valence-electron chi connectivity index (χ3n) is 6.97. The summed E-state index contributed by atoms with van der Waals surface area (Å²) >= 11 is 0. The van der Waals surface area contributed by atoms with Gasteiger partial charge in [-0.25, -0.2) is 4.79 Å². The van der Waals surface area contributed by atoms with Crippen molar-refractivity contribution in [2.75, 3.05) is 32.1 Å². The highest BCUT2D eigenvalue weighted by molar-refractivity contribution is 5.97. The highest BCUT2D eigenvalue weighted by atomic mass is 16.6. The van der Waals surface area contributed by atoms with E-state index in [9.17, 15) is 9.59 Å². The number of aryl methyl sites for hydroxylation is 2. The van der Waals surface area contributed by atoms with E-state index in [1.54, 1.807) is 23.7 Å². The van der Waals surface area contributed by atoms with Crippen LogP contribution in [0.15, 0.2) is 48.8 Å². The number of amides is 2. The summed E-state index contributed by atoms with van der Waals surface area (Å²) in [5, 5.41) is 7.42. The summed E-state index contributed by atoms with van der Waals surface area (Å²) in [6.45, 7) is 10.8. The molecule has 2 aromatic carbocycles. The van der Waals surface area contributed by atoms with Gasteiger partial charge in [-0.05, 0) is 81.6 Å². The van der Waals surface area contributed by atoms with Crippen molar-refractivity contribution in [2.45, 2.75) is 52.3 Å². The molecule has 3 aromatic rings. The molecular formula is C30H39N5O4. The zero-order valence-electron chi connectivity index (χ0n) is 24.1. The lowest BCUT2D eigenvalue weighted by Gasteiger charge is -2.45. The number of benzene rings is 2. The van der Waals surface area contributed by atoms with Crippen LogP contribution in [-0.2, 0) is 11.8 Å². The standard InChI is InChI=1S/C30H39N5O4/c1-19-9-10-24(35-17-25(18-35)34(7)29(37)39-30(3,4)5)14-27(19)28(36)32-20(2)21-11-22(13-26(12-21)38-8)23-15-31-33(6)16-23/h9-16,20,25H,17-18H2,1-8H3,(H,32,36)/t20-/m1/s1. The Labute approximate surface area is 230 Å². The van der Waals surface area contributed by atoms with Crippen molar-refractivity contribution >= 4 is 17.7 Å². The summed E-state index contributed by atoms with van der Waals surface area (Å²) in [7, 11) is 5.28. The number of hydrogen-bond donors (Lipinski definition) is 1. The molecule has 4 rings (SSSR count). The molecule has 1 aliphatic heterocycles. The quantitative estimate of drug-likeness (QED) is 0.462. The van der Waals surface area contributed by atoms with Gasteiger partial charge in [0.05, 0.1) is 25.4 Å². The van der Waals surface area contributed by atoms with Gasteiger partial charge in [0, 0.05) is 50.2 Å². The van der Waals surface area contributed by atoms with Gasteiger partial charge < -0.3 is 24.6 Å². The van der Waals surface area contributed by atoms with Crippen molar-refractivity contribution in [3.8, 4) is 16.9 Å². The molecule has 1 saturated heterocycles. The van der Waals surface area contributed by atoms with Crippen LogP contribution in [0.4, 0.5) is 10.5 Å². The second kappa shape index (κ2) is 11.0. The SMILES string of the molecule is COc1cc(-c2cnn(C)c2)cc([C@@H](C)NC(=O)c2cc(N3CC(N(C)C(=O)OC(C)(C)C)C3)ccc2C)c1. The van der Waals surface area contributed by atoms with E-state index in [4.69, 9.17) is 9.47 Å². The van der Waals surface area contributed by atoms with Gasteiger partial charge in [-0.2, -0.15) is 5.10 Å². The van der Waals surface area contributed by atoms with Crippen molar-refractivity contribution in [3.63, 3.8) is 0 Å². The molecule has 0 unspecified atom stereocenters. The van der Waals surface area contributed by atoms with E-state index in [2.05, 4.69) is 21.4 Å². The third-order valence-corrected chi connectivity index (χ3v) is 6.97. The number of nitrogens with one attached hydrogen (secondary N) is 1. The Kier molecular flexibility index (Phi) is 7.90. The van der Waals surface area contributed by atoms with Gasteiger partial charge in [0.15, 0.2) is 0 Å². The van der Waals surface area contributed by atoms with E-state index in [0.29, 0.717) is 24.4 Å². The van der Waals surface area contributed by atoms with E-state index in [0.717, 1.165) is 27.9 Å². The highest BCUT2D eigenvalue weighted by Crippen LogP contribution is 2.30. The lowest BCUT2D eigenvalue weighted by atomic mass is 10.00. The van der Waals surface area contributed by atoms with Crippen molar-refractivity contribution < 1.29 is 19.1 Å². The molecule has 0 aliphatic carbocycles. The normalized spacial score (nSPS) is 14.4. The largest absolute Gasteiger partial charge is 0.497 e. The molecule has 1 N–H and O–H groups in total. The summed E-state index contributed by atoms with van der Waals surface area (Å²) in [6.07, 6.45) is 3.43. The number of rotatable bonds is 7. The number of anilines is 1. The molecule has 2 heterocycles. The summed E-state index contributed by atoms with van der Waals surface area (Å²) < 4.78 is 12.8. The maximum absolute atomic E-state index is 13.4. The molecule has 9 nitrogen and oxygen atoms in total. The smallest absolute Gasteiger partial charge is 0.410 e. The predicted octanol–water partition coefficient (Wildman–Crippen LogP) is 4.95. The summed E-state index contributed by atoms with van der Waals surface area (Å²) in [5.41, 5.74) is 4.83. The van der Waals surface area contributed by atoms with Gasteiger partial charge in [0.1, 0.15) is 11.4 Å². The van der Waals surface area contributed by atoms with Gasteiger partial charge in [-0.3, -0.25) is 9.48 Å². The molecule has 1 atom stereocenters. The fourth-order valence-corrected chi connectivity index (χ4v) is 4.53. The predicted molar refractivity (Wildman–Crippen MR) is 152 cm³/mol. The molecule has 1 aliphatic rings. The first-order valence-electron chi connectivity index (χ1n) is 13.1. The van der Waals surface area contributed by atoms with Gasteiger partial charge in [0.2, 0.25) is 0 Å². The van der Waals surface area contributed by atoms with Crippen LogP contribution in [0.1, 0.15) is 55.2 Å². The minimum Gasteiger partial charge on any atom is -0.497 e. The average molecular weight is 534 g/mol. The van der Waals surface area contributed by atoms with Crippen LogP contribution in [0.5, 0.6) is 5.75 Å². The fraction of sp³-hybridized carbons (Fsp3) is 0.433. The van der Waals surface area contributed by atoms with Gasteiger partial charge >= 0.3 is 6.09 Å². The van der Waals surface area contributed by atoms with Crippen LogP contribution in [0, 0.1) is 6.92 Å². The van der Waals surface area contributed by atoms with Crippen molar-refractivity contribution in [1.29, 1.82) is 0 Å². The molecule has 0 radical (unpaired) electrons. The Bertz CT molecular complexity index is 1350. The van der Waals surface area contributed by atoms with E-state index in [1.807, 2.05) is 84.4 Å². The number of carbonyl (C=O) groups excluding carboxylic acids is 2. The Morgan fingerprint density at radius 2 is 1.85 bits per heavy atom. The number of methoxy groups -OCH3 is 1. The number of likely N-dealkylation sites (N-methyl/N-ethyl adjacent to an activating group) is 1. The second-order valence-corrected chi connectivity index (χ2v) is 11.2. The first-order valence-corrected chi connectivity index (χ1v) is 13.1. The number of nitrogens with zero attached hydrogens (tertiary/aromatic N) is 4. The first-order chi connectivity index (χ1) is 18.3. The van der Waals surface area contributed by atoms with E-state index in [-0.39, 0.29) is 24.1 Å². The highest BCUT2D eigenvalue weighted by Gasteiger charge is 2.35. The van der Waals surface area contributed by atoms with Crippen LogP contribution < -0.4 is 15.0 Å². The topological polar surface area (TPSA) is 88.9 Å².